The highest BCUT2D eigenvalue weighted by Gasteiger charge is 2.15. The molecule has 0 saturated heterocycles. The normalized spacial score (nSPS) is 10.2. The number of carbonyl (C=O) groups is 2. The molecule has 0 aromatic heterocycles. The molecule has 0 spiro atoms. The summed E-state index contributed by atoms with van der Waals surface area (Å²) >= 11 is 0. The molecule has 1 N–H and O–H groups in total. The van der Waals surface area contributed by atoms with Crippen LogP contribution in [0.15, 0.2) is 30.3 Å². The predicted molar refractivity (Wildman–Crippen MR) is 73.9 cm³/mol. The molecule has 4 nitrogen and oxygen atoms in total. The lowest BCUT2D eigenvalue weighted by Crippen LogP contribution is -2.37. The Morgan fingerprint density at radius 1 is 1.21 bits per heavy atom. The van der Waals surface area contributed by atoms with Crippen LogP contribution in [-0.2, 0) is 16.0 Å². The predicted octanol–water partition coefficient (Wildman–Crippen LogP) is 2.33. The van der Waals surface area contributed by atoms with Crippen LogP contribution >= 0.6 is 0 Å². The zero-order valence-corrected chi connectivity index (χ0v) is 11.3. The highest BCUT2D eigenvalue weighted by Crippen LogP contribution is 2.05. The molecule has 0 aliphatic rings. The number of carboxylic acids is 1. The van der Waals surface area contributed by atoms with Gasteiger partial charge in [-0.2, -0.15) is 0 Å². The number of rotatable bonds is 8. The number of nitrogens with zero attached hydrogens (tertiary/aromatic N) is 1. The molecule has 1 aromatic rings. The standard InChI is InChI=1S/C15H21NO3/c1-2-3-9-14(17)16(12-15(18)19)11-10-13-7-5-4-6-8-13/h4-8H,2-3,9-12H2,1H3,(H,18,19). The van der Waals surface area contributed by atoms with Crippen molar-refractivity contribution in [2.24, 2.45) is 0 Å². The number of hydrogen-bond donors (Lipinski definition) is 1. The van der Waals surface area contributed by atoms with Gasteiger partial charge in [0, 0.05) is 13.0 Å². The van der Waals surface area contributed by atoms with Gasteiger partial charge in [0.15, 0.2) is 0 Å². The van der Waals surface area contributed by atoms with Gasteiger partial charge < -0.3 is 10.0 Å². The number of carboxylic acid groups (broad SMARTS) is 1. The molecule has 0 fully saturated rings. The van der Waals surface area contributed by atoms with Gasteiger partial charge in [0.2, 0.25) is 5.91 Å². The Morgan fingerprint density at radius 2 is 1.89 bits per heavy atom. The van der Waals surface area contributed by atoms with Crippen molar-refractivity contribution in [3.05, 3.63) is 35.9 Å². The number of aliphatic carboxylic acids is 1. The summed E-state index contributed by atoms with van der Waals surface area (Å²) < 4.78 is 0. The van der Waals surface area contributed by atoms with Gasteiger partial charge in [0.1, 0.15) is 6.54 Å². The van der Waals surface area contributed by atoms with Crippen molar-refractivity contribution in [3.63, 3.8) is 0 Å². The smallest absolute Gasteiger partial charge is 0.323 e. The molecule has 4 heteroatoms. The molecule has 0 unspecified atom stereocenters. The largest absolute Gasteiger partial charge is 0.480 e. The van der Waals surface area contributed by atoms with E-state index >= 15 is 0 Å². The van der Waals surface area contributed by atoms with E-state index in [9.17, 15) is 9.59 Å². The number of unbranched alkanes of at least 4 members (excludes halogenated alkanes) is 1. The molecule has 1 amide bonds. The van der Waals surface area contributed by atoms with Gasteiger partial charge in [-0.25, -0.2) is 0 Å². The van der Waals surface area contributed by atoms with Crippen molar-refractivity contribution in [1.29, 1.82) is 0 Å². The summed E-state index contributed by atoms with van der Waals surface area (Å²) in [5, 5.41) is 8.86. The first-order valence-electron chi connectivity index (χ1n) is 6.67. The van der Waals surface area contributed by atoms with E-state index in [1.54, 1.807) is 0 Å². The third-order valence-electron chi connectivity index (χ3n) is 2.94. The molecule has 0 bridgehead atoms. The molecule has 0 aliphatic carbocycles. The number of carbonyl (C=O) groups excluding carboxylic acids is 1. The monoisotopic (exact) mass is 263 g/mol. The molecule has 0 atom stereocenters. The number of hydrogen-bond acceptors (Lipinski definition) is 2. The minimum atomic E-state index is -0.960. The quantitative estimate of drug-likeness (QED) is 0.783. The Labute approximate surface area is 114 Å². The van der Waals surface area contributed by atoms with Gasteiger partial charge in [-0.15, -0.1) is 0 Å². The Hall–Kier alpha value is -1.84. The molecular formula is C15H21NO3. The SMILES string of the molecule is CCCCC(=O)N(CCc1ccccc1)CC(=O)O. The van der Waals surface area contributed by atoms with Gasteiger partial charge in [0.05, 0.1) is 0 Å². The highest BCUT2D eigenvalue weighted by molar-refractivity contribution is 5.81. The van der Waals surface area contributed by atoms with Crippen LogP contribution in [0.25, 0.3) is 0 Å². The highest BCUT2D eigenvalue weighted by atomic mass is 16.4. The Balaban J connectivity index is 2.54. The van der Waals surface area contributed by atoms with Crippen LogP contribution in [0.5, 0.6) is 0 Å². The summed E-state index contributed by atoms with van der Waals surface area (Å²) in [6.45, 7) is 2.26. The maximum atomic E-state index is 11.9. The van der Waals surface area contributed by atoms with Crippen LogP contribution in [0.1, 0.15) is 31.7 Å². The van der Waals surface area contributed by atoms with Crippen molar-refractivity contribution >= 4 is 11.9 Å². The van der Waals surface area contributed by atoms with Crippen molar-refractivity contribution in [2.75, 3.05) is 13.1 Å². The first kappa shape index (κ1) is 15.2. The van der Waals surface area contributed by atoms with E-state index in [4.69, 9.17) is 5.11 Å². The fourth-order valence-corrected chi connectivity index (χ4v) is 1.85. The van der Waals surface area contributed by atoms with Crippen molar-refractivity contribution in [2.45, 2.75) is 32.6 Å². The molecule has 0 aliphatic heterocycles. The van der Waals surface area contributed by atoms with Crippen LogP contribution in [0.4, 0.5) is 0 Å². The Bertz CT molecular complexity index is 403. The van der Waals surface area contributed by atoms with Gasteiger partial charge in [-0.1, -0.05) is 43.7 Å². The fraction of sp³-hybridized carbons (Fsp3) is 0.467. The van der Waals surface area contributed by atoms with E-state index in [-0.39, 0.29) is 12.5 Å². The molecule has 0 heterocycles. The summed E-state index contributed by atoms with van der Waals surface area (Å²) in [4.78, 5) is 24.2. The van der Waals surface area contributed by atoms with Crippen LogP contribution in [0.3, 0.4) is 0 Å². The lowest BCUT2D eigenvalue weighted by atomic mass is 10.1. The van der Waals surface area contributed by atoms with Gasteiger partial charge >= 0.3 is 5.97 Å². The van der Waals surface area contributed by atoms with Crippen molar-refractivity contribution in [1.82, 2.24) is 4.90 Å². The van der Waals surface area contributed by atoms with Gasteiger partial charge in [-0.05, 0) is 18.4 Å². The van der Waals surface area contributed by atoms with Gasteiger partial charge in [-0.3, -0.25) is 9.59 Å². The van der Waals surface area contributed by atoms with Crippen LogP contribution in [0.2, 0.25) is 0 Å². The second kappa shape index (κ2) is 8.29. The lowest BCUT2D eigenvalue weighted by Gasteiger charge is -2.20. The van der Waals surface area contributed by atoms with Crippen molar-refractivity contribution < 1.29 is 14.7 Å². The van der Waals surface area contributed by atoms with Crippen LogP contribution < -0.4 is 0 Å². The Kier molecular flexibility index (Phi) is 6.64. The van der Waals surface area contributed by atoms with E-state index in [1.165, 1.54) is 4.90 Å². The molecule has 0 saturated carbocycles. The third kappa shape index (κ3) is 6.04. The van der Waals surface area contributed by atoms with Crippen LogP contribution in [-0.4, -0.2) is 35.0 Å². The zero-order valence-electron chi connectivity index (χ0n) is 11.3. The molecule has 104 valence electrons. The first-order chi connectivity index (χ1) is 9.13. The average molecular weight is 263 g/mol. The topological polar surface area (TPSA) is 57.6 Å². The maximum Gasteiger partial charge on any atom is 0.323 e. The first-order valence-corrected chi connectivity index (χ1v) is 6.67. The maximum absolute atomic E-state index is 11.9. The van der Waals surface area contributed by atoms with E-state index in [2.05, 4.69) is 0 Å². The van der Waals surface area contributed by atoms with Crippen molar-refractivity contribution in [3.8, 4) is 0 Å². The zero-order chi connectivity index (χ0) is 14.1. The second-order valence-electron chi connectivity index (χ2n) is 4.55. The van der Waals surface area contributed by atoms with E-state index < -0.39 is 5.97 Å². The molecule has 1 aromatic carbocycles. The Morgan fingerprint density at radius 3 is 2.47 bits per heavy atom. The van der Waals surface area contributed by atoms with Crippen LogP contribution in [0, 0.1) is 0 Å². The second-order valence-corrected chi connectivity index (χ2v) is 4.55. The minimum Gasteiger partial charge on any atom is -0.480 e. The number of amides is 1. The molecule has 1 rings (SSSR count). The summed E-state index contributed by atoms with van der Waals surface area (Å²) in [5.74, 6) is -1.03. The summed E-state index contributed by atoms with van der Waals surface area (Å²) in [5.41, 5.74) is 1.11. The summed E-state index contributed by atoms with van der Waals surface area (Å²) in [6.07, 6.45) is 2.86. The van der Waals surface area contributed by atoms with E-state index in [1.807, 2.05) is 37.3 Å². The molecular weight excluding hydrogens is 242 g/mol. The minimum absolute atomic E-state index is 0.0693. The molecule has 19 heavy (non-hydrogen) atoms. The lowest BCUT2D eigenvalue weighted by molar-refractivity contribution is -0.144. The van der Waals surface area contributed by atoms with Gasteiger partial charge in [0.25, 0.3) is 0 Å². The average Bonchev–Trinajstić information content (AvgIpc) is 2.41. The molecule has 0 radical (unpaired) electrons. The fourth-order valence-electron chi connectivity index (χ4n) is 1.85. The third-order valence-corrected chi connectivity index (χ3v) is 2.94. The summed E-state index contributed by atoms with van der Waals surface area (Å²) in [7, 11) is 0. The van der Waals surface area contributed by atoms with E-state index in [0.29, 0.717) is 19.4 Å². The summed E-state index contributed by atoms with van der Waals surface area (Å²) in [6, 6.07) is 9.78. The number of benzene rings is 1. The van der Waals surface area contributed by atoms with E-state index in [0.717, 1.165) is 18.4 Å².